The second-order valence-corrected chi connectivity index (χ2v) is 18.8. The van der Waals surface area contributed by atoms with Crippen LogP contribution in [0.2, 0.25) is 0 Å². The number of esters is 1. The number of epoxide rings is 1. The summed E-state index contributed by atoms with van der Waals surface area (Å²) in [6, 6.07) is 0. The van der Waals surface area contributed by atoms with Crippen molar-refractivity contribution in [3.8, 4) is 0 Å². The van der Waals surface area contributed by atoms with Crippen LogP contribution in [0.5, 0.6) is 0 Å². The first-order valence-electron chi connectivity index (χ1n) is 17.8. The van der Waals surface area contributed by atoms with Crippen LogP contribution in [-0.2, 0) is 23.7 Å². The topological polar surface area (TPSA) is 138 Å². The highest BCUT2D eigenvalue weighted by atomic mass is 16.7. The Bertz CT molecular complexity index is 1270. The predicted octanol–water partition coefficient (Wildman–Crippen LogP) is 3.72. The van der Waals surface area contributed by atoms with Gasteiger partial charge in [0.25, 0.3) is 0 Å². The van der Waals surface area contributed by atoms with Gasteiger partial charge in [-0.15, -0.1) is 0 Å². The summed E-state index contributed by atoms with van der Waals surface area (Å²) >= 11 is 0. The van der Waals surface area contributed by atoms with Gasteiger partial charge in [-0.2, -0.15) is 0 Å². The van der Waals surface area contributed by atoms with Crippen LogP contribution < -0.4 is 0 Å². The van der Waals surface area contributed by atoms with Gasteiger partial charge in [-0.3, -0.25) is 4.79 Å². The molecule has 3 heterocycles. The molecule has 0 aromatic heterocycles. The van der Waals surface area contributed by atoms with Crippen molar-refractivity contribution in [1.82, 2.24) is 0 Å². The average Bonchev–Trinajstić information content (AvgIpc) is 3.72. The Labute approximate surface area is 267 Å². The zero-order chi connectivity index (χ0) is 32.3. The summed E-state index contributed by atoms with van der Waals surface area (Å²) in [4.78, 5) is 14.0. The quantitative estimate of drug-likeness (QED) is 0.208. The average molecular weight is 633 g/mol. The zero-order valence-corrected chi connectivity index (χ0v) is 28.3. The van der Waals surface area contributed by atoms with Crippen LogP contribution in [0.25, 0.3) is 0 Å². The summed E-state index contributed by atoms with van der Waals surface area (Å²) in [7, 11) is 0. The molecule has 9 heteroatoms. The summed E-state index contributed by atoms with van der Waals surface area (Å²) in [5.74, 6) is 0.893. The summed E-state index contributed by atoms with van der Waals surface area (Å²) in [6.45, 7) is 16.2. The smallest absolute Gasteiger partial charge is 0.313 e. The molecule has 1 spiro atoms. The molecule has 254 valence electrons. The Hall–Kier alpha value is -0.810. The molecule has 0 aromatic rings. The molecule has 16 atom stereocenters. The van der Waals surface area contributed by atoms with E-state index in [-0.39, 0.29) is 62.7 Å². The molecule has 0 radical (unpaired) electrons. The predicted molar refractivity (Wildman–Crippen MR) is 162 cm³/mol. The molecular formula is C36H56O9. The van der Waals surface area contributed by atoms with Crippen LogP contribution in [0, 0.1) is 50.2 Å². The van der Waals surface area contributed by atoms with E-state index in [0.29, 0.717) is 11.8 Å². The Morgan fingerprint density at radius 3 is 2.24 bits per heavy atom. The molecule has 3 saturated heterocycles. The minimum Gasteiger partial charge on any atom is -0.455 e. The maximum Gasteiger partial charge on any atom is 0.313 e. The lowest BCUT2D eigenvalue weighted by atomic mass is 9.31. The van der Waals surface area contributed by atoms with Gasteiger partial charge >= 0.3 is 5.97 Å². The molecular weight excluding hydrogens is 576 g/mol. The molecule has 8 rings (SSSR count). The number of rotatable bonds is 3. The van der Waals surface area contributed by atoms with E-state index in [2.05, 4.69) is 48.5 Å². The van der Waals surface area contributed by atoms with Crippen LogP contribution in [0.3, 0.4) is 0 Å². The van der Waals surface area contributed by atoms with Crippen LogP contribution in [-0.4, -0.2) is 87.6 Å². The minimum atomic E-state index is -1.46. The molecule has 2 bridgehead atoms. The van der Waals surface area contributed by atoms with Gasteiger partial charge in [0.15, 0.2) is 11.9 Å². The summed E-state index contributed by atoms with van der Waals surface area (Å²) in [5.41, 5.74) is -1.27. The number of aliphatic hydroxyl groups excluding tert-OH is 4. The standard InChI is InChI=1S/C36H56O9/c1-30(2)12-14-35-15-13-34(7)33(6)11-8-19-31(3,4)21(43-28-24(40)23(39)22(38)18(17-37)42-28)9-10-32(19,5)26(33)25-27(44-25)36(34,20(35)16-30)45-29(35)41/h18-28,37-40H,8-17H2,1-7H3/t18-,19+,20-,21?,22-,23+,24-,25+,26?,27+,28+,32+,33-,34+,35+,36-/m1/s1. The molecule has 4 N–H and O–H groups in total. The Balaban J connectivity index is 1.11. The number of carbonyl (C=O) groups excluding carboxylic acids is 1. The van der Waals surface area contributed by atoms with Gasteiger partial charge in [-0.05, 0) is 91.3 Å². The van der Waals surface area contributed by atoms with E-state index in [9.17, 15) is 25.2 Å². The third-order valence-corrected chi connectivity index (χ3v) is 16.3. The van der Waals surface area contributed by atoms with Crippen molar-refractivity contribution >= 4 is 5.97 Å². The Morgan fingerprint density at radius 2 is 1.53 bits per heavy atom. The van der Waals surface area contributed by atoms with Gasteiger partial charge < -0.3 is 39.4 Å². The number of carbonyl (C=O) groups is 1. The first-order chi connectivity index (χ1) is 20.9. The number of fused-ring (bicyclic) bond motifs is 6. The van der Waals surface area contributed by atoms with Crippen LogP contribution in [0.4, 0.5) is 0 Å². The maximum absolute atomic E-state index is 14.0. The van der Waals surface area contributed by atoms with Crippen molar-refractivity contribution in [3.63, 3.8) is 0 Å². The third kappa shape index (κ3) is 3.57. The molecule has 5 saturated carbocycles. The molecule has 0 amide bonds. The van der Waals surface area contributed by atoms with E-state index < -0.39 is 42.9 Å². The highest BCUT2D eigenvalue weighted by Gasteiger charge is 2.89. The first kappa shape index (κ1) is 31.5. The second kappa shape index (κ2) is 9.25. The fourth-order valence-corrected chi connectivity index (χ4v) is 13.7. The first-order valence-corrected chi connectivity index (χ1v) is 17.8. The van der Waals surface area contributed by atoms with Crippen LogP contribution >= 0.6 is 0 Å². The Kier molecular flexibility index (Phi) is 6.46. The number of hydrogen-bond donors (Lipinski definition) is 4. The van der Waals surface area contributed by atoms with Crippen molar-refractivity contribution < 1.29 is 44.2 Å². The van der Waals surface area contributed by atoms with E-state index in [1.54, 1.807) is 0 Å². The summed E-state index contributed by atoms with van der Waals surface area (Å²) in [5, 5.41) is 41.2. The van der Waals surface area contributed by atoms with E-state index in [4.69, 9.17) is 18.9 Å². The van der Waals surface area contributed by atoms with Crippen LogP contribution in [0.15, 0.2) is 0 Å². The van der Waals surface area contributed by atoms with Gasteiger partial charge in [0, 0.05) is 11.3 Å². The largest absolute Gasteiger partial charge is 0.455 e. The van der Waals surface area contributed by atoms with Crippen molar-refractivity contribution in [2.75, 3.05) is 6.61 Å². The third-order valence-electron chi connectivity index (χ3n) is 16.3. The fourth-order valence-electron chi connectivity index (χ4n) is 13.7. The molecule has 8 aliphatic rings. The molecule has 8 fully saturated rings. The molecule has 45 heavy (non-hydrogen) atoms. The molecule has 0 aromatic carbocycles. The van der Waals surface area contributed by atoms with Crippen molar-refractivity contribution in [1.29, 1.82) is 0 Å². The van der Waals surface area contributed by atoms with Gasteiger partial charge in [0.2, 0.25) is 0 Å². The van der Waals surface area contributed by atoms with E-state index >= 15 is 0 Å². The van der Waals surface area contributed by atoms with Crippen molar-refractivity contribution in [2.24, 2.45) is 50.2 Å². The van der Waals surface area contributed by atoms with Crippen molar-refractivity contribution in [2.45, 2.75) is 161 Å². The molecule has 5 aliphatic carbocycles. The Morgan fingerprint density at radius 1 is 0.822 bits per heavy atom. The highest BCUT2D eigenvalue weighted by molar-refractivity contribution is 5.82. The number of hydrogen-bond acceptors (Lipinski definition) is 9. The molecule has 2 unspecified atom stereocenters. The number of ether oxygens (including phenoxy) is 4. The van der Waals surface area contributed by atoms with E-state index in [1.807, 2.05) is 0 Å². The van der Waals surface area contributed by atoms with Crippen LogP contribution in [0.1, 0.15) is 106 Å². The van der Waals surface area contributed by atoms with E-state index in [0.717, 1.165) is 57.8 Å². The monoisotopic (exact) mass is 632 g/mol. The SMILES string of the molecule is CC1(C)CC[C@@]23CC[C@]4(C)[C@@](OC2=O)([C@@H]3C1)[C@H]1O[C@H]1C1[C@@]2(C)CCC(O[C@@H]3O[C@H](CO)[C@@H](O)[C@H](O)[C@H]3O)C(C)(C)[C@@H]2CC[C@]14C. The normalized spacial score (nSPS) is 60.3. The fraction of sp³-hybridized carbons (Fsp3) is 0.972. The zero-order valence-electron chi connectivity index (χ0n) is 28.3. The number of aliphatic hydroxyl groups is 4. The molecule has 3 aliphatic heterocycles. The van der Waals surface area contributed by atoms with Gasteiger partial charge in [-0.1, -0.05) is 48.5 Å². The lowest BCUT2D eigenvalue weighted by Gasteiger charge is -2.72. The van der Waals surface area contributed by atoms with Gasteiger partial charge in [-0.25, -0.2) is 0 Å². The second-order valence-electron chi connectivity index (χ2n) is 18.8. The lowest BCUT2D eigenvalue weighted by molar-refractivity contribution is -0.333. The molecule has 9 nitrogen and oxygen atoms in total. The minimum absolute atomic E-state index is 0.0290. The van der Waals surface area contributed by atoms with Crippen molar-refractivity contribution in [3.05, 3.63) is 0 Å². The summed E-state index contributed by atoms with van der Waals surface area (Å²) < 4.78 is 26.0. The van der Waals surface area contributed by atoms with Gasteiger partial charge in [0.05, 0.1) is 24.2 Å². The summed E-state index contributed by atoms with van der Waals surface area (Å²) in [6.07, 6.45) is 2.07. The van der Waals surface area contributed by atoms with E-state index in [1.165, 1.54) is 0 Å². The lowest BCUT2D eigenvalue weighted by Crippen LogP contribution is -2.75. The maximum atomic E-state index is 14.0. The van der Waals surface area contributed by atoms with Gasteiger partial charge in [0.1, 0.15) is 30.5 Å². The highest BCUT2D eigenvalue weighted by Crippen LogP contribution is 2.83.